The van der Waals surface area contributed by atoms with Gasteiger partial charge in [0.2, 0.25) is 5.91 Å². The van der Waals surface area contributed by atoms with E-state index in [1.807, 2.05) is 35.9 Å². The minimum Gasteiger partial charge on any atom is -0.485 e. The molecular weight excluding hydrogens is 404 g/mol. The van der Waals surface area contributed by atoms with Gasteiger partial charge in [-0.2, -0.15) is 0 Å². The Balaban J connectivity index is 1.26. The Kier molecular flexibility index (Phi) is 4.66. The summed E-state index contributed by atoms with van der Waals surface area (Å²) in [4.78, 5) is 24.1. The first-order valence-corrected chi connectivity index (χ1v) is 10.4. The van der Waals surface area contributed by atoms with Crippen LogP contribution in [-0.4, -0.2) is 38.8 Å². The lowest BCUT2D eigenvalue weighted by Crippen LogP contribution is -2.24. The van der Waals surface area contributed by atoms with Crippen molar-refractivity contribution in [2.45, 2.75) is 17.7 Å². The third kappa shape index (κ3) is 3.41. The molecule has 152 valence electrons. The number of hydrogen-bond acceptors (Lipinski definition) is 7. The second kappa shape index (κ2) is 7.49. The molecule has 2 aliphatic rings. The lowest BCUT2D eigenvalue weighted by molar-refractivity contribution is -0.115. The summed E-state index contributed by atoms with van der Waals surface area (Å²) in [5, 5.41) is 11.9. The maximum atomic E-state index is 12.6. The molecule has 0 fully saturated rings. The van der Waals surface area contributed by atoms with Crippen LogP contribution in [0.15, 0.2) is 47.6 Å². The van der Waals surface area contributed by atoms with Crippen molar-refractivity contribution in [2.75, 3.05) is 17.7 Å². The molecule has 3 heterocycles. The fourth-order valence-electron chi connectivity index (χ4n) is 3.50. The summed E-state index contributed by atoms with van der Waals surface area (Å²) >= 11 is 1.32. The van der Waals surface area contributed by atoms with Gasteiger partial charge in [-0.25, -0.2) is 0 Å². The summed E-state index contributed by atoms with van der Waals surface area (Å²) in [5.74, 6) is 2.16. The molecule has 1 atom stereocenters. The van der Waals surface area contributed by atoms with Crippen LogP contribution in [0.3, 0.4) is 0 Å². The van der Waals surface area contributed by atoms with E-state index in [-0.39, 0.29) is 23.5 Å². The Morgan fingerprint density at radius 2 is 2.07 bits per heavy atom. The number of ether oxygens (including phenoxy) is 2. The quantitative estimate of drug-likeness (QED) is 0.499. The summed E-state index contributed by atoms with van der Waals surface area (Å²) in [7, 11) is 1.85. The lowest BCUT2D eigenvalue weighted by atomic mass is 10.1. The zero-order valence-corrected chi connectivity index (χ0v) is 16.9. The first kappa shape index (κ1) is 18.7. The highest BCUT2D eigenvalue weighted by atomic mass is 32.2. The Labute approximate surface area is 176 Å². The van der Waals surface area contributed by atoms with Gasteiger partial charge < -0.3 is 19.4 Å². The SMILES string of the molecule is Cn1c(SCC(=O)c2ccc3c(c2)CC(=O)N3)nnc1C1COc2ccccc2O1. The molecule has 2 aromatic carbocycles. The van der Waals surface area contributed by atoms with Gasteiger partial charge in [-0.05, 0) is 35.9 Å². The maximum absolute atomic E-state index is 12.6. The molecule has 3 aromatic rings. The van der Waals surface area contributed by atoms with Crippen molar-refractivity contribution < 1.29 is 19.1 Å². The molecule has 0 spiro atoms. The van der Waals surface area contributed by atoms with E-state index in [4.69, 9.17) is 9.47 Å². The highest BCUT2D eigenvalue weighted by molar-refractivity contribution is 7.99. The van der Waals surface area contributed by atoms with Crippen molar-refractivity contribution in [3.8, 4) is 11.5 Å². The molecule has 0 saturated heterocycles. The van der Waals surface area contributed by atoms with Crippen LogP contribution in [0, 0.1) is 0 Å². The summed E-state index contributed by atoms with van der Waals surface area (Å²) in [6.45, 7) is 0.342. The Morgan fingerprint density at radius 3 is 2.93 bits per heavy atom. The molecule has 30 heavy (non-hydrogen) atoms. The normalized spacial score (nSPS) is 16.8. The van der Waals surface area contributed by atoms with Crippen LogP contribution in [0.4, 0.5) is 5.69 Å². The molecule has 5 rings (SSSR count). The van der Waals surface area contributed by atoms with Gasteiger partial charge in [0.25, 0.3) is 0 Å². The molecule has 9 heteroatoms. The number of fused-ring (bicyclic) bond motifs is 2. The predicted octanol–water partition coefficient (Wildman–Crippen LogP) is 2.80. The Morgan fingerprint density at radius 1 is 1.23 bits per heavy atom. The van der Waals surface area contributed by atoms with E-state index in [0.717, 1.165) is 11.3 Å². The zero-order chi connectivity index (χ0) is 20.7. The summed E-state index contributed by atoms with van der Waals surface area (Å²) < 4.78 is 13.6. The molecule has 0 saturated carbocycles. The largest absolute Gasteiger partial charge is 0.485 e. The van der Waals surface area contributed by atoms with Gasteiger partial charge in [-0.3, -0.25) is 9.59 Å². The number of amides is 1. The van der Waals surface area contributed by atoms with Crippen molar-refractivity contribution in [1.29, 1.82) is 0 Å². The molecule has 8 nitrogen and oxygen atoms in total. The second-order valence-electron chi connectivity index (χ2n) is 7.07. The van der Waals surface area contributed by atoms with Crippen LogP contribution in [0.5, 0.6) is 11.5 Å². The third-order valence-corrected chi connectivity index (χ3v) is 6.07. The number of carbonyl (C=O) groups is 2. The van der Waals surface area contributed by atoms with Crippen molar-refractivity contribution in [3.63, 3.8) is 0 Å². The van der Waals surface area contributed by atoms with Crippen LogP contribution in [-0.2, 0) is 18.3 Å². The van der Waals surface area contributed by atoms with E-state index in [1.54, 1.807) is 18.2 Å². The maximum Gasteiger partial charge on any atom is 0.228 e. The Bertz CT molecular complexity index is 1160. The first-order valence-electron chi connectivity index (χ1n) is 9.45. The van der Waals surface area contributed by atoms with Gasteiger partial charge in [0.05, 0.1) is 12.2 Å². The van der Waals surface area contributed by atoms with E-state index >= 15 is 0 Å². The van der Waals surface area contributed by atoms with Gasteiger partial charge in [0, 0.05) is 18.3 Å². The van der Waals surface area contributed by atoms with Gasteiger partial charge in [-0.15, -0.1) is 10.2 Å². The lowest BCUT2D eigenvalue weighted by Gasteiger charge is -2.25. The zero-order valence-electron chi connectivity index (χ0n) is 16.1. The number of ketones is 1. The highest BCUT2D eigenvalue weighted by Crippen LogP contribution is 2.36. The fourth-order valence-corrected chi connectivity index (χ4v) is 4.31. The number of nitrogens with zero attached hydrogens (tertiary/aromatic N) is 3. The van der Waals surface area contributed by atoms with Gasteiger partial charge in [-0.1, -0.05) is 23.9 Å². The minimum atomic E-state index is -0.371. The number of thioether (sulfide) groups is 1. The number of aromatic nitrogens is 3. The topological polar surface area (TPSA) is 95.3 Å². The number of rotatable bonds is 5. The van der Waals surface area contributed by atoms with E-state index < -0.39 is 0 Å². The molecular formula is C21H18N4O4S. The molecule has 1 amide bonds. The molecule has 0 bridgehead atoms. The molecule has 0 radical (unpaired) electrons. The van der Waals surface area contributed by atoms with Crippen LogP contribution >= 0.6 is 11.8 Å². The Hall–Kier alpha value is -3.33. The van der Waals surface area contributed by atoms with Crippen LogP contribution < -0.4 is 14.8 Å². The highest BCUT2D eigenvalue weighted by Gasteiger charge is 2.27. The van der Waals surface area contributed by atoms with E-state index in [0.29, 0.717) is 41.1 Å². The number of hydrogen-bond donors (Lipinski definition) is 1. The molecule has 0 aliphatic carbocycles. The third-order valence-electron chi connectivity index (χ3n) is 5.05. The minimum absolute atomic E-state index is 0.0297. The van der Waals surface area contributed by atoms with E-state index in [2.05, 4.69) is 15.5 Å². The van der Waals surface area contributed by atoms with Gasteiger partial charge in [0.15, 0.2) is 34.4 Å². The van der Waals surface area contributed by atoms with Gasteiger partial charge in [0.1, 0.15) is 6.61 Å². The fraction of sp³-hybridized carbons (Fsp3) is 0.238. The number of carbonyl (C=O) groups excluding carboxylic acids is 2. The van der Waals surface area contributed by atoms with Crippen molar-refractivity contribution in [1.82, 2.24) is 14.8 Å². The standard InChI is InChI=1S/C21H18N4O4S/c1-25-20(18-10-28-16-4-2-3-5-17(16)29-18)23-24-21(25)30-11-15(26)12-6-7-14-13(8-12)9-19(27)22-14/h2-8,18H,9-11H2,1H3,(H,22,27). The summed E-state index contributed by atoms with van der Waals surface area (Å²) in [6.07, 6.45) is -0.0627. The van der Waals surface area contributed by atoms with E-state index in [1.165, 1.54) is 11.8 Å². The average Bonchev–Trinajstić information content (AvgIpc) is 3.32. The monoisotopic (exact) mass is 422 g/mol. The molecule has 2 aliphatic heterocycles. The van der Waals surface area contributed by atoms with Crippen molar-refractivity contribution >= 4 is 29.1 Å². The number of para-hydroxylation sites is 2. The second-order valence-corrected chi connectivity index (χ2v) is 8.02. The number of nitrogens with one attached hydrogen (secondary N) is 1. The summed E-state index contributed by atoms with van der Waals surface area (Å²) in [5.41, 5.74) is 2.21. The van der Waals surface area contributed by atoms with Crippen LogP contribution in [0.2, 0.25) is 0 Å². The number of Topliss-reactive ketones (excluding diaryl/α,β-unsaturated/α-hetero) is 1. The van der Waals surface area contributed by atoms with E-state index in [9.17, 15) is 9.59 Å². The number of benzene rings is 2. The van der Waals surface area contributed by atoms with Crippen LogP contribution in [0.1, 0.15) is 27.8 Å². The smallest absolute Gasteiger partial charge is 0.228 e. The summed E-state index contributed by atoms with van der Waals surface area (Å²) in [6, 6.07) is 12.8. The molecule has 1 aromatic heterocycles. The van der Waals surface area contributed by atoms with Crippen LogP contribution in [0.25, 0.3) is 0 Å². The number of anilines is 1. The molecule has 1 unspecified atom stereocenters. The average molecular weight is 422 g/mol. The predicted molar refractivity (Wildman–Crippen MR) is 110 cm³/mol. The first-order chi connectivity index (χ1) is 14.6. The van der Waals surface area contributed by atoms with Crippen molar-refractivity contribution in [2.24, 2.45) is 7.05 Å². The van der Waals surface area contributed by atoms with Gasteiger partial charge >= 0.3 is 0 Å². The molecule has 1 N–H and O–H groups in total. The van der Waals surface area contributed by atoms with Crippen molar-refractivity contribution in [3.05, 3.63) is 59.4 Å².